The second-order valence-electron chi connectivity index (χ2n) is 2.55. The first-order chi connectivity index (χ1) is 6.24. The SMILES string of the molecule is CC(=O)SCc1ccccc1C#N. The van der Waals surface area contributed by atoms with E-state index >= 15 is 0 Å². The molecule has 1 aromatic carbocycles. The number of rotatable bonds is 2. The van der Waals surface area contributed by atoms with E-state index < -0.39 is 0 Å². The van der Waals surface area contributed by atoms with Crippen molar-refractivity contribution in [3.63, 3.8) is 0 Å². The first-order valence-corrected chi connectivity index (χ1v) is 4.84. The first kappa shape index (κ1) is 9.82. The summed E-state index contributed by atoms with van der Waals surface area (Å²) in [6.07, 6.45) is 0. The summed E-state index contributed by atoms with van der Waals surface area (Å²) in [4.78, 5) is 10.7. The fourth-order valence-electron chi connectivity index (χ4n) is 0.935. The third kappa shape index (κ3) is 2.92. The minimum atomic E-state index is 0.0766. The second kappa shape index (κ2) is 4.68. The molecule has 0 aromatic heterocycles. The smallest absolute Gasteiger partial charge is 0.186 e. The Morgan fingerprint density at radius 3 is 2.85 bits per heavy atom. The highest BCUT2D eigenvalue weighted by Crippen LogP contribution is 2.15. The summed E-state index contributed by atoms with van der Waals surface area (Å²) >= 11 is 1.22. The van der Waals surface area contributed by atoms with Crippen LogP contribution in [0.3, 0.4) is 0 Å². The van der Waals surface area contributed by atoms with E-state index in [0.717, 1.165) is 5.56 Å². The maximum absolute atomic E-state index is 10.7. The Morgan fingerprint density at radius 2 is 2.23 bits per heavy atom. The lowest BCUT2D eigenvalue weighted by Crippen LogP contribution is -1.89. The maximum Gasteiger partial charge on any atom is 0.186 e. The van der Waals surface area contributed by atoms with E-state index in [0.29, 0.717) is 11.3 Å². The van der Waals surface area contributed by atoms with Crippen LogP contribution in [0, 0.1) is 11.3 Å². The van der Waals surface area contributed by atoms with Crippen molar-refractivity contribution in [1.82, 2.24) is 0 Å². The average molecular weight is 191 g/mol. The molecule has 0 spiro atoms. The predicted molar refractivity (Wildman–Crippen MR) is 53.1 cm³/mol. The maximum atomic E-state index is 10.7. The Morgan fingerprint density at radius 1 is 1.54 bits per heavy atom. The zero-order valence-corrected chi connectivity index (χ0v) is 8.10. The molecule has 1 aromatic rings. The van der Waals surface area contributed by atoms with Crippen LogP contribution >= 0.6 is 11.8 Å². The van der Waals surface area contributed by atoms with Crippen molar-refractivity contribution >= 4 is 16.9 Å². The molecule has 0 aliphatic rings. The molecular weight excluding hydrogens is 182 g/mol. The van der Waals surface area contributed by atoms with Gasteiger partial charge in [0.1, 0.15) is 0 Å². The molecule has 0 aliphatic heterocycles. The van der Waals surface area contributed by atoms with Gasteiger partial charge in [0.05, 0.1) is 11.6 Å². The molecule has 13 heavy (non-hydrogen) atoms. The van der Waals surface area contributed by atoms with Crippen LogP contribution in [0.5, 0.6) is 0 Å². The van der Waals surface area contributed by atoms with Crippen LogP contribution in [0.15, 0.2) is 24.3 Å². The molecule has 0 aliphatic carbocycles. The van der Waals surface area contributed by atoms with Crippen LogP contribution in [0.2, 0.25) is 0 Å². The summed E-state index contributed by atoms with van der Waals surface area (Å²) in [7, 11) is 0. The van der Waals surface area contributed by atoms with Gasteiger partial charge in [-0.1, -0.05) is 30.0 Å². The van der Waals surface area contributed by atoms with Crippen LogP contribution in [0.25, 0.3) is 0 Å². The van der Waals surface area contributed by atoms with E-state index in [4.69, 9.17) is 5.26 Å². The standard InChI is InChI=1S/C10H9NOS/c1-8(12)13-7-10-5-3-2-4-9(10)6-11/h2-5H,7H2,1H3. The lowest BCUT2D eigenvalue weighted by atomic mass is 10.1. The van der Waals surface area contributed by atoms with Gasteiger partial charge in [0, 0.05) is 12.7 Å². The highest BCUT2D eigenvalue weighted by molar-refractivity contribution is 8.12. The molecule has 0 amide bonds. The number of hydrogen-bond donors (Lipinski definition) is 0. The molecular formula is C10H9NOS. The van der Waals surface area contributed by atoms with Crippen molar-refractivity contribution < 1.29 is 4.79 Å². The molecule has 0 radical (unpaired) electrons. The molecule has 66 valence electrons. The van der Waals surface area contributed by atoms with Crippen LogP contribution in [0.4, 0.5) is 0 Å². The van der Waals surface area contributed by atoms with Gasteiger partial charge in [-0.2, -0.15) is 5.26 Å². The summed E-state index contributed by atoms with van der Waals surface area (Å²) in [6.45, 7) is 1.53. The average Bonchev–Trinajstić information content (AvgIpc) is 2.15. The number of benzene rings is 1. The number of carbonyl (C=O) groups is 1. The zero-order chi connectivity index (χ0) is 9.68. The number of thioether (sulfide) groups is 1. The summed E-state index contributed by atoms with van der Waals surface area (Å²) < 4.78 is 0. The summed E-state index contributed by atoms with van der Waals surface area (Å²) in [5.74, 6) is 0.582. The summed E-state index contributed by atoms with van der Waals surface area (Å²) in [5, 5.41) is 8.82. The van der Waals surface area contributed by atoms with E-state index in [2.05, 4.69) is 6.07 Å². The fourth-order valence-corrected chi connectivity index (χ4v) is 1.55. The van der Waals surface area contributed by atoms with Gasteiger partial charge in [-0.3, -0.25) is 4.79 Å². The quantitative estimate of drug-likeness (QED) is 0.720. The molecule has 0 N–H and O–H groups in total. The van der Waals surface area contributed by atoms with Gasteiger partial charge in [-0.05, 0) is 11.6 Å². The third-order valence-corrected chi connectivity index (χ3v) is 2.43. The molecule has 0 unspecified atom stereocenters. The molecule has 0 saturated carbocycles. The second-order valence-corrected chi connectivity index (χ2v) is 3.70. The van der Waals surface area contributed by atoms with Gasteiger partial charge in [-0.25, -0.2) is 0 Å². The Balaban J connectivity index is 2.77. The van der Waals surface area contributed by atoms with Crippen molar-refractivity contribution in [2.24, 2.45) is 0 Å². The van der Waals surface area contributed by atoms with Gasteiger partial charge in [0.2, 0.25) is 0 Å². The Bertz CT molecular complexity index is 354. The van der Waals surface area contributed by atoms with Crippen LogP contribution in [-0.2, 0) is 10.5 Å². The lowest BCUT2D eigenvalue weighted by molar-refractivity contribution is -0.109. The van der Waals surface area contributed by atoms with Crippen molar-refractivity contribution in [2.75, 3.05) is 0 Å². The topological polar surface area (TPSA) is 40.9 Å². The monoisotopic (exact) mass is 191 g/mol. The molecule has 2 nitrogen and oxygen atoms in total. The van der Waals surface area contributed by atoms with Gasteiger partial charge in [0.15, 0.2) is 5.12 Å². The van der Waals surface area contributed by atoms with Crippen molar-refractivity contribution in [3.8, 4) is 6.07 Å². The number of nitrogens with zero attached hydrogens (tertiary/aromatic N) is 1. The van der Waals surface area contributed by atoms with E-state index in [1.807, 2.05) is 18.2 Å². The predicted octanol–water partition coefficient (Wildman–Crippen LogP) is 2.34. The number of nitriles is 1. The Kier molecular flexibility index (Phi) is 3.53. The van der Waals surface area contributed by atoms with Crippen molar-refractivity contribution in [1.29, 1.82) is 5.26 Å². The molecule has 0 heterocycles. The third-order valence-electron chi connectivity index (χ3n) is 1.57. The van der Waals surface area contributed by atoms with Gasteiger partial charge in [-0.15, -0.1) is 0 Å². The number of hydrogen-bond acceptors (Lipinski definition) is 3. The summed E-state index contributed by atoms with van der Waals surface area (Å²) in [6, 6.07) is 9.42. The fraction of sp³-hybridized carbons (Fsp3) is 0.200. The van der Waals surface area contributed by atoms with Gasteiger partial charge >= 0.3 is 0 Å². The minimum absolute atomic E-state index is 0.0766. The summed E-state index contributed by atoms with van der Waals surface area (Å²) in [5.41, 5.74) is 1.57. The molecule has 0 fully saturated rings. The largest absolute Gasteiger partial charge is 0.288 e. The van der Waals surface area contributed by atoms with Crippen LogP contribution < -0.4 is 0 Å². The Hall–Kier alpha value is -1.27. The van der Waals surface area contributed by atoms with E-state index in [9.17, 15) is 4.79 Å². The zero-order valence-electron chi connectivity index (χ0n) is 7.28. The van der Waals surface area contributed by atoms with Gasteiger partial charge < -0.3 is 0 Å². The minimum Gasteiger partial charge on any atom is -0.288 e. The molecule has 0 atom stereocenters. The van der Waals surface area contributed by atoms with Gasteiger partial charge in [0.25, 0.3) is 0 Å². The highest BCUT2D eigenvalue weighted by Gasteiger charge is 2.01. The highest BCUT2D eigenvalue weighted by atomic mass is 32.2. The lowest BCUT2D eigenvalue weighted by Gasteiger charge is -2.00. The van der Waals surface area contributed by atoms with E-state index in [1.54, 1.807) is 6.07 Å². The molecule has 1 rings (SSSR count). The van der Waals surface area contributed by atoms with E-state index in [1.165, 1.54) is 18.7 Å². The van der Waals surface area contributed by atoms with Crippen molar-refractivity contribution in [2.45, 2.75) is 12.7 Å². The van der Waals surface area contributed by atoms with Crippen LogP contribution in [0.1, 0.15) is 18.1 Å². The van der Waals surface area contributed by atoms with Crippen molar-refractivity contribution in [3.05, 3.63) is 35.4 Å². The van der Waals surface area contributed by atoms with E-state index in [-0.39, 0.29) is 5.12 Å². The molecule has 0 saturated heterocycles. The molecule has 3 heteroatoms. The van der Waals surface area contributed by atoms with Crippen LogP contribution in [-0.4, -0.2) is 5.12 Å². The number of carbonyl (C=O) groups excluding carboxylic acids is 1. The molecule has 0 bridgehead atoms. The Labute approximate surface area is 81.6 Å². The normalized spacial score (nSPS) is 9.23. The first-order valence-electron chi connectivity index (χ1n) is 3.85.